The standard InChI is InChI=1S/C22H31N3O/c1-17(2)7-10-22(26)24-20-6-4-13-25(14-11-20)16-18-8-9-21-19(15-18)5-3-12-23-21/h3,5,8-9,12,15,17,20H,4,6-7,10-11,13-14,16H2,1-2H3,(H,24,26). The molecule has 0 saturated carbocycles. The summed E-state index contributed by atoms with van der Waals surface area (Å²) < 4.78 is 0. The predicted octanol–water partition coefficient (Wildman–Crippen LogP) is 4.14. The van der Waals surface area contributed by atoms with Crippen molar-refractivity contribution in [2.45, 2.75) is 58.5 Å². The van der Waals surface area contributed by atoms with Crippen LogP contribution in [0.4, 0.5) is 0 Å². The van der Waals surface area contributed by atoms with Crippen LogP contribution in [-0.2, 0) is 11.3 Å². The molecular formula is C22H31N3O. The van der Waals surface area contributed by atoms with Gasteiger partial charge in [0.25, 0.3) is 0 Å². The Morgan fingerprint density at radius 2 is 2.15 bits per heavy atom. The quantitative estimate of drug-likeness (QED) is 0.849. The summed E-state index contributed by atoms with van der Waals surface area (Å²) in [4.78, 5) is 19.0. The van der Waals surface area contributed by atoms with Gasteiger partial charge < -0.3 is 5.32 Å². The normalized spacial score (nSPS) is 18.8. The largest absolute Gasteiger partial charge is 0.353 e. The molecule has 1 aromatic heterocycles. The summed E-state index contributed by atoms with van der Waals surface area (Å²) in [6.45, 7) is 7.45. The molecular weight excluding hydrogens is 322 g/mol. The fourth-order valence-electron chi connectivity index (χ4n) is 3.66. The monoisotopic (exact) mass is 353 g/mol. The van der Waals surface area contributed by atoms with Crippen LogP contribution in [0.5, 0.6) is 0 Å². The second kappa shape index (κ2) is 9.13. The Hall–Kier alpha value is -1.94. The van der Waals surface area contributed by atoms with Gasteiger partial charge in [0, 0.05) is 37.1 Å². The highest BCUT2D eigenvalue weighted by molar-refractivity contribution is 5.78. The topological polar surface area (TPSA) is 45.2 Å². The molecule has 140 valence electrons. The highest BCUT2D eigenvalue weighted by Crippen LogP contribution is 2.18. The molecule has 1 N–H and O–H groups in total. The van der Waals surface area contributed by atoms with Crippen molar-refractivity contribution in [1.82, 2.24) is 15.2 Å². The smallest absolute Gasteiger partial charge is 0.220 e. The highest BCUT2D eigenvalue weighted by Gasteiger charge is 2.19. The predicted molar refractivity (Wildman–Crippen MR) is 107 cm³/mol. The minimum atomic E-state index is 0.221. The van der Waals surface area contributed by atoms with Crippen molar-refractivity contribution in [3.8, 4) is 0 Å². The maximum absolute atomic E-state index is 12.1. The van der Waals surface area contributed by atoms with E-state index in [0.29, 0.717) is 18.4 Å². The molecule has 0 spiro atoms. The third kappa shape index (κ3) is 5.53. The Morgan fingerprint density at radius 3 is 3.00 bits per heavy atom. The first-order valence-electron chi connectivity index (χ1n) is 9.95. The number of likely N-dealkylation sites (tertiary alicyclic amines) is 1. The molecule has 2 heterocycles. The SMILES string of the molecule is CC(C)CCC(=O)NC1CCCN(Cc2ccc3ncccc3c2)CC1. The Labute approximate surface area is 157 Å². The third-order valence-corrected chi connectivity index (χ3v) is 5.21. The van der Waals surface area contributed by atoms with Gasteiger partial charge in [0.05, 0.1) is 5.52 Å². The first-order chi connectivity index (χ1) is 12.6. The summed E-state index contributed by atoms with van der Waals surface area (Å²) in [5, 5.41) is 4.45. The molecule has 0 radical (unpaired) electrons. The van der Waals surface area contributed by atoms with Crippen molar-refractivity contribution < 1.29 is 4.79 Å². The molecule has 0 bridgehead atoms. The number of pyridine rings is 1. The maximum atomic E-state index is 12.1. The van der Waals surface area contributed by atoms with E-state index >= 15 is 0 Å². The Bertz CT molecular complexity index is 728. The van der Waals surface area contributed by atoms with Gasteiger partial charge in [0.15, 0.2) is 0 Å². The van der Waals surface area contributed by atoms with Crippen molar-refractivity contribution in [3.63, 3.8) is 0 Å². The van der Waals surface area contributed by atoms with Crippen molar-refractivity contribution in [3.05, 3.63) is 42.1 Å². The second-order valence-corrected chi connectivity index (χ2v) is 7.93. The van der Waals surface area contributed by atoms with E-state index < -0.39 is 0 Å². The average Bonchev–Trinajstić information content (AvgIpc) is 2.85. The number of hydrogen-bond acceptors (Lipinski definition) is 3. The van der Waals surface area contributed by atoms with Crippen molar-refractivity contribution >= 4 is 16.8 Å². The zero-order valence-corrected chi connectivity index (χ0v) is 16.1. The Balaban J connectivity index is 1.50. The number of fused-ring (bicyclic) bond motifs is 1. The number of nitrogens with one attached hydrogen (secondary N) is 1. The van der Waals surface area contributed by atoms with Gasteiger partial charge in [0.2, 0.25) is 5.91 Å². The zero-order chi connectivity index (χ0) is 18.4. The number of carbonyl (C=O) groups is 1. The summed E-state index contributed by atoms with van der Waals surface area (Å²) in [5.74, 6) is 0.807. The number of aromatic nitrogens is 1. The minimum Gasteiger partial charge on any atom is -0.353 e. The molecule has 1 aliphatic rings. The van der Waals surface area contributed by atoms with Gasteiger partial charge in [0.1, 0.15) is 0 Å². The number of amides is 1. The number of nitrogens with zero attached hydrogens (tertiary/aromatic N) is 2. The summed E-state index contributed by atoms with van der Waals surface area (Å²) in [5.41, 5.74) is 2.39. The van der Waals surface area contributed by atoms with Crippen LogP contribution < -0.4 is 5.32 Å². The maximum Gasteiger partial charge on any atom is 0.220 e. The van der Waals surface area contributed by atoms with E-state index in [-0.39, 0.29) is 5.91 Å². The number of carbonyl (C=O) groups excluding carboxylic acids is 1. The number of rotatable bonds is 6. The van der Waals surface area contributed by atoms with Crippen LogP contribution in [0.3, 0.4) is 0 Å². The lowest BCUT2D eigenvalue weighted by molar-refractivity contribution is -0.122. The molecule has 1 unspecified atom stereocenters. The molecule has 26 heavy (non-hydrogen) atoms. The zero-order valence-electron chi connectivity index (χ0n) is 16.1. The average molecular weight is 354 g/mol. The lowest BCUT2D eigenvalue weighted by Gasteiger charge is -2.21. The van der Waals surface area contributed by atoms with Gasteiger partial charge in [-0.15, -0.1) is 0 Å². The fourth-order valence-corrected chi connectivity index (χ4v) is 3.66. The van der Waals surface area contributed by atoms with Crippen LogP contribution in [0.25, 0.3) is 10.9 Å². The lowest BCUT2D eigenvalue weighted by atomic mass is 10.1. The van der Waals surface area contributed by atoms with Gasteiger partial charge in [-0.2, -0.15) is 0 Å². The first-order valence-corrected chi connectivity index (χ1v) is 9.95. The van der Waals surface area contributed by atoms with E-state index in [1.807, 2.05) is 12.3 Å². The van der Waals surface area contributed by atoms with Crippen LogP contribution in [0.1, 0.15) is 51.5 Å². The second-order valence-electron chi connectivity index (χ2n) is 7.93. The lowest BCUT2D eigenvalue weighted by Crippen LogP contribution is -2.35. The Kier molecular flexibility index (Phi) is 6.62. The van der Waals surface area contributed by atoms with Crippen LogP contribution in [0.2, 0.25) is 0 Å². The summed E-state index contributed by atoms with van der Waals surface area (Å²) in [7, 11) is 0. The molecule has 1 fully saturated rings. The van der Waals surface area contributed by atoms with Crippen LogP contribution in [0, 0.1) is 5.92 Å². The number of benzene rings is 1. The Morgan fingerprint density at radius 1 is 1.27 bits per heavy atom. The van der Waals surface area contributed by atoms with Gasteiger partial charge in [-0.1, -0.05) is 26.0 Å². The van der Waals surface area contributed by atoms with Crippen LogP contribution in [-0.4, -0.2) is 34.9 Å². The van der Waals surface area contributed by atoms with Gasteiger partial charge in [-0.25, -0.2) is 0 Å². The van der Waals surface area contributed by atoms with Crippen molar-refractivity contribution in [2.24, 2.45) is 5.92 Å². The van der Waals surface area contributed by atoms with Crippen molar-refractivity contribution in [1.29, 1.82) is 0 Å². The van der Waals surface area contributed by atoms with E-state index in [2.05, 4.69) is 53.3 Å². The van der Waals surface area contributed by atoms with E-state index in [9.17, 15) is 4.79 Å². The molecule has 3 rings (SSSR count). The van der Waals surface area contributed by atoms with Crippen LogP contribution in [0.15, 0.2) is 36.5 Å². The van der Waals surface area contributed by atoms with Gasteiger partial charge in [-0.05, 0) is 61.9 Å². The van der Waals surface area contributed by atoms with Crippen LogP contribution >= 0.6 is 0 Å². The van der Waals surface area contributed by atoms with E-state index in [0.717, 1.165) is 50.8 Å². The van der Waals surface area contributed by atoms with Gasteiger partial charge >= 0.3 is 0 Å². The van der Waals surface area contributed by atoms with Gasteiger partial charge in [-0.3, -0.25) is 14.7 Å². The summed E-state index contributed by atoms with van der Waals surface area (Å²) in [6, 6.07) is 11.0. The molecule has 1 amide bonds. The molecule has 4 heteroatoms. The molecule has 4 nitrogen and oxygen atoms in total. The highest BCUT2D eigenvalue weighted by atomic mass is 16.1. The molecule has 1 aromatic carbocycles. The fraction of sp³-hybridized carbons (Fsp3) is 0.545. The molecule has 2 aromatic rings. The minimum absolute atomic E-state index is 0.221. The van der Waals surface area contributed by atoms with E-state index in [4.69, 9.17) is 0 Å². The summed E-state index contributed by atoms with van der Waals surface area (Å²) >= 11 is 0. The number of hydrogen-bond donors (Lipinski definition) is 1. The summed E-state index contributed by atoms with van der Waals surface area (Å²) in [6.07, 6.45) is 6.75. The third-order valence-electron chi connectivity index (χ3n) is 5.21. The molecule has 1 saturated heterocycles. The van der Waals surface area contributed by atoms with Crippen molar-refractivity contribution in [2.75, 3.05) is 13.1 Å². The first kappa shape index (κ1) is 18.8. The molecule has 1 aliphatic heterocycles. The van der Waals surface area contributed by atoms with E-state index in [1.165, 1.54) is 10.9 Å². The molecule has 0 aliphatic carbocycles. The van der Waals surface area contributed by atoms with E-state index in [1.54, 1.807) is 0 Å². The molecule has 1 atom stereocenters.